The van der Waals surface area contributed by atoms with E-state index >= 15 is 0 Å². The molecule has 1 aliphatic carbocycles. The second-order valence-electron chi connectivity index (χ2n) is 5.68. The lowest BCUT2D eigenvalue weighted by molar-refractivity contribution is 0.516. The van der Waals surface area contributed by atoms with Gasteiger partial charge in [-0.25, -0.2) is 0 Å². The van der Waals surface area contributed by atoms with E-state index in [0.717, 1.165) is 25.6 Å². The van der Waals surface area contributed by atoms with Gasteiger partial charge in [-0.15, -0.1) is 0 Å². The molecule has 1 N–H and O–H groups in total. The SMILES string of the molecule is CCCNCC1C(c2ccnn2CC)C1(C)C. The van der Waals surface area contributed by atoms with Gasteiger partial charge in [-0.1, -0.05) is 20.8 Å². The zero-order valence-corrected chi connectivity index (χ0v) is 11.5. The van der Waals surface area contributed by atoms with Gasteiger partial charge in [0.25, 0.3) is 0 Å². The fraction of sp³-hybridized carbons (Fsp3) is 0.786. The minimum atomic E-state index is 0.424. The Kier molecular flexibility index (Phi) is 3.57. The van der Waals surface area contributed by atoms with E-state index in [0.29, 0.717) is 11.3 Å². The van der Waals surface area contributed by atoms with E-state index in [9.17, 15) is 0 Å². The van der Waals surface area contributed by atoms with Gasteiger partial charge in [0, 0.05) is 24.4 Å². The number of aryl methyl sites for hydroxylation is 1. The van der Waals surface area contributed by atoms with Gasteiger partial charge in [-0.3, -0.25) is 4.68 Å². The fourth-order valence-electron chi connectivity index (χ4n) is 3.02. The van der Waals surface area contributed by atoms with Gasteiger partial charge in [0.2, 0.25) is 0 Å². The average Bonchev–Trinajstić information content (AvgIpc) is 2.66. The van der Waals surface area contributed by atoms with Crippen LogP contribution in [-0.2, 0) is 6.54 Å². The van der Waals surface area contributed by atoms with Crippen molar-refractivity contribution in [3.8, 4) is 0 Å². The van der Waals surface area contributed by atoms with Crippen molar-refractivity contribution in [1.29, 1.82) is 0 Å². The van der Waals surface area contributed by atoms with Crippen LogP contribution >= 0.6 is 0 Å². The van der Waals surface area contributed by atoms with E-state index in [-0.39, 0.29) is 0 Å². The van der Waals surface area contributed by atoms with Crippen molar-refractivity contribution in [3.63, 3.8) is 0 Å². The second kappa shape index (κ2) is 4.81. The molecule has 1 fully saturated rings. The molecule has 0 spiro atoms. The van der Waals surface area contributed by atoms with Crippen molar-refractivity contribution < 1.29 is 0 Å². The molecule has 96 valence electrons. The highest BCUT2D eigenvalue weighted by Gasteiger charge is 2.58. The van der Waals surface area contributed by atoms with Crippen LogP contribution in [0.15, 0.2) is 12.3 Å². The van der Waals surface area contributed by atoms with Crippen LogP contribution in [0, 0.1) is 11.3 Å². The van der Waals surface area contributed by atoms with Crippen molar-refractivity contribution >= 4 is 0 Å². The van der Waals surface area contributed by atoms with Crippen LogP contribution in [-0.4, -0.2) is 22.9 Å². The summed E-state index contributed by atoms with van der Waals surface area (Å²) in [4.78, 5) is 0. The summed E-state index contributed by atoms with van der Waals surface area (Å²) in [6, 6.07) is 2.19. The highest BCUT2D eigenvalue weighted by Crippen LogP contribution is 2.63. The van der Waals surface area contributed by atoms with Gasteiger partial charge in [0.1, 0.15) is 0 Å². The van der Waals surface area contributed by atoms with Gasteiger partial charge in [0.15, 0.2) is 0 Å². The average molecular weight is 235 g/mol. The van der Waals surface area contributed by atoms with Crippen LogP contribution < -0.4 is 5.32 Å². The van der Waals surface area contributed by atoms with Crippen molar-refractivity contribution in [3.05, 3.63) is 18.0 Å². The summed E-state index contributed by atoms with van der Waals surface area (Å²) in [6.07, 6.45) is 3.15. The van der Waals surface area contributed by atoms with Gasteiger partial charge in [0.05, 0.1) is 0 Å². The lowest BCUT2D eigenvalue weighted by atomic mass is 10.1. The molecule has 0 aromatic carbocycles. The van der Waals surface area contributed by atoms with Crippen molar-refractivity contribution in [2.24, 2.45) is 11.3 Å². The topological polar surface area (TPSA) is 29.9 Å². The minimum absolute atomic E-state index is 0.424. The number of hydrogen-bond acceptors (Lipinski definition) is 2. The number of aromatic nitrogens is 2. The summed E-state index contributed by atoms with van der Waals surface area (Å²) in [6.45, 7) is 12.4. The Morgan fingerprint density at radius 3 is 2.82 bits per heavy atom. The Morgan fingerprint density at radius 1 is 1.41 bits per heavy atom. The lowest BCUT2D eigenvalue weighted by Gasteiger charge is -2.05. The van der Waals surface area contributed by atoms with Crippen LogP contribution in [0.4, 0.5) is 0 Å². The van der Waals surface area contributed by atoms with E-state index in [1.54, 1.807) is 0 Å². The van der Waals surface area contributed by atoms with E-state index < -0.39 is 0 Å². The number of nitrogens with one attached hydrogen (secondary N) is 1. The molecule has 3 heteroatoms. The Labute approximate surface area is 105 Å². The van der Waals surface area contributed by atoms with Gasteiger partial charge < -0.3 is 5.32 Å². The maximum atomic E-state index is 4.39. The quantitative estimate of drug-likeness (QED) is 0.768. The molecule has 1 saturated carbocycles. The summed E-state index contributed by atoms with van der Waals surface area (Å²) in [5, 5.41) is 7.94. The van der Waals surface area contributed by atoms with Gasteiger partial charge in [-0.2, -0.15) is 5.10 Å². The largest absolute Gasteiger partial charge is 0.316 e. The summed E-state index contributed by atoms with van der Waals surface area (Å²) in [5.74, 6) is 1.44. The minimum Gasteiger partial charge on any atom is -0.316 e. The molecule has 2 rings (SSSR count). The molecular formula is C14H25N3. The first kappa shape index (κ1) is 12.6. The number of rotatable bonds is 6. The normalized spacial score (nSPS) is 26.1. The Balaban J connectivity index is 2.02. The van der Waals surface area contributed by atoms with E-state index in [1.165, 1.54) is 12.1 Å². The molecule has 0 amide bonds. The van der Waals surface area contributed by atoms with Crippen LogP contribution in [0.1, 0.15) is 45.7 Å². The first-order chi connectivity index (χ1) is 8.12. The zero-order valence-electron chi connectivity index (χ0n) is 11.5. The third-order valence-electron chi connectivity index (χ3n) is 4.21. The Hall–Kier alpha value is -0.830. The second-order valence-corrected chi connectivity index (χ2v) is 5.68. The third kappa shape index (κ3) is 2.25. The first-order valence-electron chi connectivity index (χ1n) is 6.85. The van der Waals surface area contributed by atoms with Crippen LogP contribution in [0.25, 0.3) is 0 Å². The maximum absolute atomic E-state index is 4.39. The van der Waals surface area contributed by atoms with E-state index in [4.69, 9.17) is 0 Å². The van der Waals surface area contributed by atoms with Crippen molar-refractivity contribution in [1.82, 2.24) is 15.1 Å². The van der Waals surface area contributed by atoms with Crippen LogP contribution in [0.3, 0.4) is 0 Å². The molecule has 3 nitrogen and oxygen atoms in total. The molecule has 1 aromatic rings. The van der Waals surface area contributed by atoms with E-state index in [1.807, 2.05) is 6.20 Å². The molecule has 0 saturated heterocycles. The van der Waals surface area contributed by atoms with E-state index in [2.05, 4.69) is 48.9 Å². The highest BCUT2D eigenvalue weighted by molar-refractivity contribution is 5.26. The number of hydrogen-bond donors (Lipinski definition) is 1. The molecule has 2 unspecified atom stereocenters. The fourth-order valence-corrected chi connectivity index (χ4v) is 3.02. The Morgan fingerprint density at radius 2 is 2.18 bits per heavy atom. The summed E-state index contributed by atoms with van der Waals surface area (Å²) in [5.41, 5.74) is 1.84. The predicted molar refractivity (Wildman–Crippen MR) is 71.1 cm³/mol. The standard InChI is InChI=1S/C14H25N3/c1-5-8-15-10-11-13(14(11,3)4)12-7-9-16-17(12)6-2/h7,9,11,13,15H,5-6,8,10H2,1-4H3. The molecule has 0 bridgehead atoms. The predicted octanol–water partition coefficient (Wildman–Crippen LogP) is 2.64. The molecule has 1 aliphatic rings. The van der Waals surface area contributed by atoms with Crippen LogP contribution in [0.5, 0.6) is 0 Å². The number of nitrogens with zero attached hydrogens (tertiary/aromatic N) is 2. The molecule has 1 aromatic heterocycles. The maximum Gasteiger partial charge on any atom is 0.0492 e. The monoisotopic (exact) mass is 235 g/mol. The first-order valence-corrected chi connectivity index (χ1v) is 6.85. The van der Waals surface area contributed by atoms with Crippen LogP contribution in [0.2, 0.25) is 0 Å². The molecule has 0 aliphatic heterocycles. The smallest absolute Gasteiger partial charge is 0.0492 e. The lowest BCUT2D eigenvalue weighted by Crippen LogP contribution is -2.19. The Bertz CT molecular complexity index is 367. The molecular weight excluding hydrogens is 210 g/mol. The molecule has 17 heavy (non-hydrogen) atoms. The third-order valence-corrected chi connectivity index (χ3v) is 4.21. The molecule has 0 radical (unpaired) electrons. The molecule has 2 atom stereocenters. The molecule has 1 heterocycles. The van der Waals surface area contributed by atoms with Crippen molar-refractivity contribution in [2.45, 2.75) is 46.6 Å². The summed E-state index contributed by atoms with van der Waals surface area (Å²) < 4.78 is 2.15. The van der Waals surface area contributed by atoms with Gasteiger partial charge >= 0.3 is 0 Å². The zero-order chi connectivity index (χ0) is 12.5. The summed E-state index contributed by atoms with van der Waals surface area (Å²) >= 11 is 0. The van der Waals surface area contributed by atoms with Crippen molar-refractivity contribution in [2.75, 3.05) is 13.1 Å². The highest BCUT2D eigenvalue weighted by atomic mass is 15.3. The summed E-state index contributed by atoms with van der Waals surface area (Å²) in [7, 11) is 0. The van der Waals surface area contributed by atoms with Gasteiger partial charge in [-0.05, 0) is 43.8 Å².